The largest absolute Gasteiger partial charge is 0.480 e. The number of aliphatic carboxylic acids is 2. The maximum atomic E-state index is 13.6. The van der Waals surface area contributed by atoms with Gasteiger partial charge < -0.3 is 40.2 Å². The summed E-state index contributed by atoms with van der Waals surface area (Å²) >= 11 is 14.1. The molecule has 0 fully saturated rings. The molecular formula is C38H40Cl2N8O8. The van der Waals surface area contributed by atoms with Gasteiger partial charge in [-0.1, -0.05) is 59.6 Å². The average molecular weight is 808 g/mol. The molecule has 0 aliphatic carbocycles. The van der Waals surface area contributed by atoms with Gasteiger partial charge in [0.2, 0.25) is 0 Å². The highest BCUT2D eigenvalue weighted by atomic mass is 35.5. The number of aliphatic hydroxyl groups is 2. The molecule has 0 aliphatic rings. The first-order valence-electron chi connectivity index (χ1n) is 17.8. The molecule has 0 spiro atoms. The molecule has 2 atom stereocenters. The number of nitrogens with zero attached hydrogens (tertiary/aromatic N) is 6. The number of fused-ring (bicyclic) bond motifs is 2. The zero-order valence-electron chi connectivity index (χ0n) is 30.4. The number of hydrogen-bond donors (Lipinski definition) is 6. The lowest BCUT2D eigenvalue weighted by Gasteiger charge is -2.15. The molecule has 0 radical (unpaired) electrons. The van der Waals surface area contributed by atoms with Crippen LogP contribution in [-0.4, -0.2) is 99.1 Å². The van der Waals surface area contributed by atoms with E-state index in [9.17, 15) is 29.4 Å². The topological polar surface area (TPSA) is 218 Å². The molecule has 0 bridgehead atoms. The molecule has 294 valence electrons. The lowest BCUT2D eigenvalue weighted by atomic mass is 9.98. The number of carbonyl (C=O) groups is 2. The number of aryl methyl sites for hydroxylation is 2. The Bertz CT molecular complexity index is 2390. The summed E-state index contributed by atoms with van der Waals surface area (Å²) in [6.07, 6.45) is 3.49. The number of benzene rings is 2. The zero-order chi connectivity index (χ0) is 40.3. The maximum absolute atomic E-state index is 13.6. The Kier molecular flexibility index (Phi) is 12.4. The van der Waals surface area contributed by atoms with Crippen LogP contribution >= 0.6 is 23.2 Å². The van der Waals surface area contributed by atoms with E-state index in [2.05, 4.69) is 20.8 Å². The van der Waals surface area contributed by atoms with Gasteiger partial charge in [-0.15, -0.1) is 0 Å². The Hall–Kier alpha value is -5.36. The van der Waals surface area contributed by atoms with Crippen LogP contribution in [0.4, 0.5) is 0 Å². The number of aromatic nitrogens is 6. The first-order valence-corrected chi connectivity index (χ1v) is 18.5. The van der Waals surface area contributed by atoms with Gasteiger partial charge in [-0.3, -0.25) is 19.2 Å². The van der Waals surface area contributed by atoms with Crippen molar-refractivity contribution < 1.29 is 30.0 Å². The van der Waals surface area contributed by atoms with Gasteiger partial charge in [-0.05, 0) is 38.8 Å². The fourth-order valence-electron chi connectivity index (χ4n) is 6.68. The normalized spacial score (nSPS) is 12.8. The van der Waals surface area contributed by atoms with E-state index < -0.39 is 24.0 Å². The number of halogens is 2. The lowest BCUT2D eigenvalue weighted by Crippen LogP contribution is -2.40. The third-order valence-corrected chi connectivity index (χ3v) is 10.4. The number of nitrogens with one attached hydrogen (secondary N) is 2. The number of hydrogen-bond acceptors (Lipinski definition) is 10. The van der Waals surface area contributed by atoms with Crippen LogP contribution in [0.1, 0.15) is 24.2 Å². The molecule has 0 unspecified atom stereocenters. The number of aliphatic hydroxyl groups excluding tert-OH is 2. The summed E-state index contributed by atoms with van der Waals surface area (Å²) < 4.78 is 6.03. The van der Waals surface area contributed by atoms with Gasteiger partial charge in [-0.25, -0.2) is 9.03 Å². The first-order chi connectivity index (χ1) is 26.8. The van der Waals surface area contributed by atoms with Gasteiger partial charge in [-0.2, -0.15) is 10.2 Å². The second kappa shape index (κ2) is 17.2. The van der Waals surface area contributed by atoms with Crippen LogP contribution in [-0.2, 0) is 22.7 Å². The number of carboxylic acid groups (broad SMARTS) is 2. The van der Waals surface area contributed by atoms with Gasteiger partial charge in [0, 0.05) is 85.4 Å². The van der Waals surface area contributed by atoms with Gasteiger partial charge >= 0.3 is 11.9 Å². The van der Waals surface area contributed by atoms with Crippen molar-refractivity contribution in [2.24, 2.45) is 0 Å². The van der Waals surface area contributed by atoms with Crippen LogP contribution in [0.5, 0.6) is 0 Å². The van der Waals surface area contributed by atoms with Crippen molar-refractivity contribution in [3.05, 3.63) is 103 Å². The van der Waals surface area contributed by atoms with Crippen molar-refractivity contribution in [3.8, 4) is 33.6 Å². The third kappa shape index (κ3) is 8.11. The van der Waals surface area contributed by atoms with E-state index in [-0.39, 0.29) is 63.4 Å². The molecule has 4 aromatic heterocycles. The summed E-state index contributed by atoms with van der Waals surface area (Å²) in [4.78, 5) is 50.0. The summed E-state index contributed by atoms with van der Waals surface area (Å²) in [6, 6.07) is 12.2. The van der Waals surface area contributed by atoms with E-state index in [4.69, 9.17) is 33.4 Å². The average Bonchev–Trinajstić information content (AvgIpc) is 3.78. The maximum Gasteiger partial charge on any atom is 0.320 e. The Labute approximate surface area is 329 Å². The predicted molar refractivity (Wildman–Crippen MR) is 211 cm³/mol. The minimum absolute atomic E-state index is 0.0404. The SMILES string of the molecule is Cc1cn2nc(-c3cccc(-c4cccc(-c5cc6c(=O)n(CCN[C@@H](CCO)C(=O)O)c(C)cn6n5)c4Cl)c3Cl)cc2c(=O)n1CCN[C@@H](CCO)C(=O)O. The standard InChI is InChI=1S/C38H40Cl2N8O8/c1-21-19-47-31(35(51)45(21)13-11-41-27(9-15-49)37(53)54)17-29(43-47)25-7-3-5-23(33(25)39)24-6-4-8-26(34(24)40)30-18-32-36(52)46(22(2)20-48(32)44-30)14-12-42-28(10-16-50)38(55)56/h3-8,17-20,27-28,41-42,49-50H,9-16H2,1-2H3,(H,53,54)(H,55,56)/t27-,28-/m0/s1. The third-order valence-electron chi connectivity index (χ3n) is 9.59. The predicted octanol–water partition coefficient (Wildman–Crippen LogP) is 3.08. The lowest BCUT2D eigenvalue weighted by molar-refractivity contribution is -0.140. The van der Waals surface area contributed by atoms with Crippen molar-refractivity contribution in [2.75, 3.05) is 26.3 Å². The van der Waals surface area contributed by atoms with E-state index >= 15 is 0 Å². The molecule has 6 N–H and O–H groups in total. The van der Waals surface area contributed by atoms with Gasteiger partial charge in [0.15, 0.2) is 0 Å². The highest BCUT2D eigenvalue weighted by Crippen LogP contribution is 2.42. The Morgan fingerprint density at radius 1 is 0.679 bits per heavy atom. The summed E-state index contributed by atoms with van der Waals surface area (Å²) in [7, 11) is 0. The summed E-state index contributed by atoms with van der Waals surface area (Å²) in [5.74, 6) is -2.17. The van der Waals surface area contributed by atoms with E-state index in [1.54, 1.807) is 62.6 Å². The highest BCUT2D eigenvalue weighted by Gasteiger charge is 2.21. The molecule has 6 rings (SSSR count). The highest BCUT2D eigenvalue weighted by molar-refractivity contribution is 6.39. The fraction of sp³-hybridized carbons (Fsp3) is 0.316. The Morgan fingerprint density at radius 2 is 1.05 bits per heavy atom. The number of carboxylic acids is 2. The molecule has 0 saturated carbocycles. The van der Waals surface area contributed by atoms with Gasteiger partial charge in [0.1, 0.15) is 23.1 Å². The molecule has 16 nitrogen and oxygen atoms in total. The van der Waals surface area contributed by atoms with Crippen LogP contribution in [0.3, 0.4) is 0 Å². The molecule has 0 amide bonds. The molecule has 56 heavy (non-hydrogen) atoms. The fourth-order valence-corrected chi connectivity index (χ4v) is 7.32. The molecule has 6 aromatic rings. The molecular weight excluding hydrogens is 767 g/mol. The molecule has 18 heteroatoms. The van der Waals surface area contributed by atoms with E-state index in [0.717, 1.165) is 0 Å². The zero-order valence-corrected chi connectivity index (χ0v) is 32.0. The van der Waals surface area contributed by atoms with Crippen LogP contribution in [0.2, 0.25) is 10.0 Å². The monoisotopic (exact) mass is 806 g/mol. The van der Waals surface area contributed by atoms with Crippen molar-refractivity contribution in [1.29, 1.82) is 0 Å². The van der Waals surface area contributed by atoms with Crippen molar-refractivity contribution in [2.45, 2.75) is 51.9 Å². The second-order valence-electron chi connectivity index (χ2n) is 13.2. The quantitative estimate of drug-likeness (QED) is 0.0784. The van der Waals surface area contributed by atoms with Gasteiger partial charge in [0.25, 0.3) is 11.1 Å². The Morgan fingerprint density at radius 3 is 1.41 bits per heavy atom. The van der Waals surface area contributed by atoms with E-state index in [1.807, 2.05) is 12.1 Å². The summed E-state index contributed by atoms with van der Waals surface area (Å²) in [5, 5.41) is 52.8. The first kappa shape index (κ1) is 40.3. The summed E-state index contributed by atoms with van der Waals surface area (Å²) in [5.41, 5.74) is 4.35. The van der Waals surface area contributed by atoms with Crippen molar-refractivity contribution >= 4 is 46.2 Å². The van der Waals surface area contributed by atoms with E-state index in [0.29, 0.717) is 66.1 Å². The molecule has 4 heterocycles. The van der Waals surface area contributed by atoms with Crippen LogP contribution in [0.15, 0.2) is 70.5 Å². The van der Waals surface area contributed by atoms with E-state index in [1.165, 1.54) is 18.2 Å². The molecule has 2 aromatic carbocycles. The smallest absolute Gasteiger partial charge is 0.320 e. The van der Waals surface area contributed by atoms with Crippen molar-refractivity contribution in [1.82, 2.24) is 39.0 Å². The van der Waals surface area contributed by atoms with Crippen LogP contribution < -0.4 is 21.8 Å². The van der Waals surface area contributed by atoms with Crippen LogP contribution in [0.25, 0.3) is 44.7 Å². The van der Waals surface area contributed by atoms with Crippen LogP contribution in [0, 0.1) is 13.8 Å². The van der Waals surface area contributed by atoms with Crippen molar-refractivity contribution in [3.63, 3.8) is 0 Å². The minimum atomic E-state index is -1.08. The second-order valence-corrected chi connectivity index (χ2v) is 14.0. The molecule has 0 saturated heterocycles. The Balaban J connectivity index is 1.28. The number of rotatable bonds is 17. The molecule has 0 aliphatic heterocycles. The van der Waals surface area contributed by atoms with Gasteiger partial charge in [0.05, 0.1) is 21.4 Å². The minimum Gasteiger partial charge on any atom is -0.480 e. The summed E-state index contributed by atoms with van der Waals surface area (Å²) in [6.45, 7) is 3.72.